The molecule has 1 fully saturated rings. The summed E-state index contributed by atoms with van der Waals surface area (Å²) >= 11 is 5.92. The first-order valence-corrected chi connectivity index (χ1v) is 6.39. The molecule has 7 heteroatoms. The van der Waals surface area contributed by atoms with Gasteiger partial charge in [0.2, 0.25) is 0 Å². The fraction of sp³-hybridized carbons (Fsp3) is 0.308. The van der Waals surface area contributed by atoms with Crippen LogP contribution in [-0.2, 0) is 4.79 Å². The van der Waals surface area contributed by atoms with Crippen molar-refractivity contribution in [1.82, 2.24) is 5.32 Å². The molecule has 1 aliphatic carbocycles. The highest BCUT2D eigenvalue weighted by molar-refractivity contribution is 6.33. The van der Waals surface area contributed by atoms with Gasteiger partial charge < -0.3 is 15.7 Å². The Labute approximate surface area is 120 Å². The molecule has 0 saturated heterocycles. The van der Waals surface area contributed by atoms with E-state index in [2.05, 4.69) is 10.6 Å². The highest BCUT2D eigenvalue weighted by Gasteiger charge is 2.37. The maximum absolute atomic E-state index is 11.8. The normalized spacial score (nSPS) is 15.0. The molecule has 1 unspecified atom stereocenters. The van der Waals surface area contributed by atoms with Crippen LogP contribution in [0.4, 0.5) is 10.5 Å². The number of hydrogen-bond acceptors (Lipinski definition) is 3. The van der Waals surface area contributed by atoms with Crippen molar-refractivity contribution in [2.24, 2.45) is 5.92 Å². The maximum Gasteiger partial charge on any atom is 0.326 e. The molecule has 1 aromatic carbocycles. The summed E-state index contributed by atoms with van der Waals surface area (Å²) in [4.78, 5) is 22.8. The summed E-state index contributed by atoms with van der Waals surface area (Å²) in [6, 6.07) is 4.84. The van der Waals surface area contributed by atoms with Crippen molar-refractivity contribution in [2.45, 2.75) is 18.9 Å². The van der Waals surface area contributed by atoms with Gasteiger partial charge in [-0.15, -0.1) is 0 Å². The second-order valence-corrected chi connectivity index (χ2v) is 4.97. The Morgan fingerprint density at radius 3 is 2.65 bits per heavy atom. The van der Waals surface area contributed by atoms with Gasteiger partial charge in [-0.3, -0.25) is 0 Å². The number of amides is 2. The Morgan fingerprint density at radius 2 is 2.15 bits per heavy atom. The number of carboxylic acid groups (broad SMARTS) is 1. The second-order valence-electron chi connectivity index (χ2n) is 4.56. The first-order valence-electron chi connectivity index (χ1n) is 6.01. The number of benzene rings is 1. The summed E-state index contributed by atoms with van der Waals surface area (Å²) < 4.78 is 0. The molecule has 1 saturated carbocycles. The standard InChI is InChI=1S/C13H12ClN3O3/c14-9-5-7(6-15)1-4-10(9)16-13(20)17-11(12(18)19)8-2-3-8/h1,4-5,8,11H,2-3H2,(H,18,19)(H2,16,17,20). The lowest BCUT2D eigenvalue weighted by atomic mass is 10.2. The third kappa shape index (κ3) is 3.39. The average Bonchev–Trinajstić information content (AvgIpc) is 3.22. The SMILES string of the molecule is N#Cc1ccc(NC(=O)NC(C(=O)O)C2CC2)c(Cl)c1. The van der Waals surface area contributed by atoms with E-state index in [1.54, 1.807) is 0 Å². The van der Waals surface area contributed by atoms with E-state index in [0.29, 0.717) is 11.3 Å². The van der Waals surface area contributed by atoms with Gasteiger partial charge >= 0.3 is 12.0 Å². The van der Waals surface area contributed by atoms with Gasteiger partial charge in [-0.2, -0.15) is 5.26 Å². The molecule has 2 amide bonds. The molecule has 0 heterocycles. The number of urea groups is 1. The van der Waals surface area contributed by atoms with Crippen molar-refractivity contribution in [3.05, 3.63) is 28.8 Å². The molecule has 1 atom stereocenters. The van der Waals surface area contributed by atoms with Gasteiger partial charge in [-0.05, 0) is 37.0 Å². The number of anilines is 1. The zero-order valence-corrected chi connectivity index (χ0v) is 11.1. The van der Waals surface area contributed by atoms with E-state index in [1.807, 2.05) is 6.07 Å². The van der Waals surface area contributed by atoms with Crippen molar-refractivity contribution < 1.29 is 14.7 Å². The van der Waals surface area contributed by atoms with Gasteiger partial charge in [-0.1, -0.05) is 11.6 Å². The van der Waals surface area contributed by atoms with Gasteiger partial charge in [0.15, 0.2) is 0 Å². The average molecular weight is 294 g/mol. The number of carbonyl (C=O) groups is 2. The van der Waals surface area contributed by atoms with Gasteiger partial charge in [-0.25, -0.2) is 9.59 Å². The van der Waals surface area contributed by atoms with Crippen LogP contribution in [0.5, 0.6) is 0 Å². The highest BCUT2D eigenvalue weighted by atomic mass is 35.5. The van der Waals surface area contributed by atoms with Crippen LogP contribution in [0, 0.1) is 17.2 Å². The Kier molecular flexibility index (Phi) is 4.11. The number of carboxylic acids is 1. The third-order valence-corrected chi connectivity index (χ3v) is 3.31. The Morgan fingerprint density at radius 1 is 1.45 bits per heavy atom. The van der Waals surface area contributed by atoms with E-state index in [1.165, 1.54) is 18.2 Å². The van der Waals surface area contributed by atoms with Crippen LogP contribution in [0.1, 0.15) is 18.4 Å². The van der Waals surface area contributed by atoms with Crippen molar-refractivity contribution in [2.75, 3.05) is 5.32 Å². The third-order valence-electron chi connectivity index (χ3n) is 2.99. The lowest BCUT2D eigenvalue weighted by Gasteiger charge is -2.14. The van der Waals surface area contributed by atoms with Crippen LogP contribution in [0.2, 0.25) is 5.02 Å². The number of halogens is 1. The zero-order chi connectivity index (χ0) is 14.7. The molecule has 20 heavy (non-hydrogen) atoms. The molecule has 2 rings (SSSR count). The fourth-order valence-corrected chi connectivity index (χ4v) is 2.02. The molecule has 6 nitrogen and oxygen atoms in total. The Hall–Kier alpha value is -2.26. The molecule has 3 N–H and O–H groups in total. The van der Waals surface area contributed by atoms with Crippen LogP contribution in [0.3, 0.4) is 0 Å². The van der Waals surface area contributed by atoms with Crippen LogP contribution in [0.15, 0.2) is 18.2 Å². The zero-order valence-electron chi connectivity index (χ0n) is 10.4. The number of hydrogen-bond donors (Lipinski definition) is 3. The van der Waals surface area contributed by atoms with Crippen LogP contribution < -0.4 is 10.6 Å². The first-order chi connectivity index (χ1) is 9.51. The molecule has 0 aliphatic heterocycles. The number of carbonyl (C=O) groups excluding carboxylic acids is 1. The van der Waals surface area contributed by atoms with Crippen molar-refractivity contribution in [3.8, 4) is 6.07 Å². The summed E-state index contributed by atoms with van der Waals surface area (Å²) in [6.45, 7) is 0. The van der Waals surface area contributed by atoms with Gasteiger partial charge in [0.1, 0.15) is 6.04 Å². The van der Waals surface area contributed by atoms with Crippen molar-refractivity contribution in [3.63, 3.8) is 0 Å². The van der Waals surface area contributed by atoms with E-state index >= 15 is 0 Å². The van der Waals surface area contributed by atoms with Crippen LogP contribution >= 0.6 is 11.6 Å². The molecule has 104 valence electrons. The highest BCUT2D eigenvalue weighted by Crippen LogP contribution is 2.32. The van der Waals surface area contributed by atoms with Gasteiger partial charge in [0.25, 0.3) is 0 Å². The largest absolute Gasteiger partial charge is 0.480 e. The monoisotopic (exact) mass is 293 g/mol. The number of rotatable bonds is 4. The summed E-state index contributed by atoms with van der Waals surface area (Å²) in [6.07, 6.45) is 1.60. The Bertz CT molecular complexity index is 593. The minimum Gasteiger partial charge on any atom is -0.480 e. The molecular weight excluding hydrogens is 282 g/mol. The van der Waals surface area contributed by atoms with Crippen LogP contribution in [0.25, 0.3) is 0 Å². The Balaban J connectivity index is 2.01. The molecule has 0 radical (unpaired) electrons. The minimum atomic E-state index is -1.05. The molecule has 1 aliphatic rings. The van der Waals surface area contributed by atoms with Crippen molar-refractivity contribution in [1.29, 1.82) is 5.26 Å². The van der Waals surface area contributed by atoms with E-state index in [-0.39, 0.29) is 10.9 Å². The number of nitrogens with one attached hydrogen (secondary N) is 2. The summed E-state index contributed by atoms with van der Waals surface area (Å²) in [7, 11) is 0. The first kappa shape index (κ1) is 14.2. The van der Waals surface area contributed by atoms with E-state index in [9.17, 15) is 9.59 Å². The lowest BCUT2D eigenvalue weighted by Crippen LogP contribution is -2.44. The summed E-state index contributed by atoms with van der Waals surface area (Å²) in [5.74, 6) is -1.05. The predicted octanol–water partition coefficient (Wildman–Crippen LogP) is 2.20. The molecule has 1 aromatic rings. The number of nitrogens with zero attached hydrogens (tertiary/aromatic N) is 1. The smallest absolute Gasteiger partial charge is 0.326 e. The van der Waals surface area contributed by atoms with Gasteiger partial charge in [0.05, 0.1) is 22.3 Å². The van der Waals surface area contributed by atoms with E-state index < -0.39 is 18.0 Å². The second kappa shape index (κ2) is 5.80. The summed E-state index contributed by atoms with van der Waals surface area (Å²) in [5.41, 5.74) is 0.699. The van der Waals surface area contributed by atoms with E-state index in [4.69, 9.17) is 22.0 Å². The molecule has 0 bridgehead atoms. The predicted molar refractivity (Wildman–Crippen MR) is 72.5 cm³/mol. The minimum absolute atomic E-state index is 0.00492. The molecular formula is C13H12ClN3O3. The number of aliphatic carboxylic acids is 1. The molecule has 0 aromatic heterocycles. The lowest BCUT2D eigenvalue weighted by molar-refractivity contribution is -0.139. The fourth-order valence-electron chi connectivity index (χ4n) is 1.80. The molecule has 0 spiro atoms. The quantitative estimate of drug-likeness (QED) is 0.792. The topological polar surface area (TPSA) is 102 Å². The summed E-state index contributed by atoms with van der Waals surface area (Å²) in [5, 5.41) is 22.8. The van der Waals surface area contributed by atoms with Gasteiger partial charge in [0, 0.05) is 0 Å². The number of nitriles is 1. The van der Waals surface area contributed by atoms with Crippen LogP contribution in [-0.4, -0.2) is 23.1 Å². The maximum atomic E-state index is 11.8. The van der Waals surface area contributed by atoms with Crippen molar-refractivity contribution >= 4 is 29.3 Å². The van der Waals surface area contributed by atoms with E-state index in [0.717, 1.165) is 12.8 Å².